The van der Waals surface area contributed by atoms with Gasteiger partial charge in [-0.25, -0.2) is 15.0 Å². The number of allylic oxidation sites excluding steroid dienone is 4. The van der Waals surface area contributed by atoms with Crippen molar-refractivity contribution in [3.8, 4) is 11.3 Å². The molecule has 0 radical (unpaired) electrons. The average Bonchev–Trinajstić information content (AvgIpc) is 2.62. The van der Waals surface area contributed by atoms with Gasteiger partial charge in [-0.2, -0.15) is 0 Å². The molecule has 5 heteroatoms. The fourth-order valence-electron chi connectivity index (χ4n) is 2.78. The standard InChI is InChI=1S/C19H13Br2N3/c20-14-7-3-12(4-8-14)17-18(13-5-9-15(21)10-6-13)24-19-16(23-17)2-1-11-22-19/h1-3,5-12H,4H2. The largest absolute Gasteiger partial charge is 0.247 e. The van der Waals surface area contributed by atoms with Crippen molar-refractivity contribution in [1.29, 1.82) is 0 Å². The second-order valence-corrected chi connectivity index (χ2v) is 7.43. The van der Waals surface area contributed by atoms with E-state index in [-0.39, 0.29) is 5.92 Å². The molecule has 1 atom stereocenters. The van der Waals surface area contributed by atoms with E-state index in [1.807, 2.05) is 24.3 Å². The van der Waals surface area contributed by atoms with Gasteiger partial charge in [-0.05, 0) is 30.7 Å². The van der Waals surface area contributed by atoms with Crippen molar-refractivity contribution in [3.05, 3.63) is 75.5 Å². The van der Waals surface area contributed by atoms with Crippen LogP contribution in [0, 0.1) is 0 Å². The highest BCUT2D eigenvalue weighted by Gasteiger charge is 2.20. The zero-order valence-electron chi connectivity index (χ0n) is 12.7. The molecule has 1 aliphatic rings. The molecule has 0 bridgehead atoms. The van der Waals surface area contributed by atoms with E-state index in [4.69, 9.17) is 9.97 Å². The summed E-state index contributed by atoms with van der Waals surface area (Å²) < 4.78 is 2.16. The van der Waals surface area contributed by atoms with Crippen molar-refractivity contribution in [1.82, 2.24) is 15.0 Å². The third kappa shape index (κ3) is 3.06. The highest BCUT2D eigenvalue weighted by atomic mass is 79.9. The van der Waals surface area contributed by atoms with Gasteiger partial charge in [-0.3, -0.25) is 0 Å². The molecule has 2 heterocycles. The molecule has 1 aromatic carbocycles. The van der Waals surface area contributed by atoms with E-state index in [1.165, 1.54) is 0 Å². The number of hydrogen-bond acceptors (Lipinski definition) is 3. The van der Waals surface area contributed by atoms with Crippen LogP contribution >= 0.6 is 31.9 Å². The minimum atomic E-state index is 0.210. The summed E-state index contributed by atoms with van der Waals surface area (Å²) in [5.74, 6) is 0.210. The van der Waals surface area contributed by atoms with E-state index in [9.17, 15) is 0 Å². The number of hydrogen-bond donors (Lipinski definition) is 0. The summed E-state index contributed by atoms with van der Waals surface area (Å²) in [6.07, 6.45) is 9.09. The summed E-state index contributed by atoms with van der Waals surface area (Å²) >= 11 is 7.01. The normalized spacial score (nSPS) is 17.1. The molecule has 118 valence electrons. The second kappa shape index (κ2) is 6.57. The molecule has 3 nitrogen and oxygen atoms in total. The minimum absolute atomic E-state index is 0.210. The Hall–Kier alpha value is -1.85. The summed E-state index contributed by atoms with van der Waals surface area (Å²) in [4.78, 5) is 14.1. The lowest BCUT2D eigenvalue weighted by atomic mass is 9.93. The number of halogens is 2. The number of pyridine rings is 1. The van der Waals surface area contributed by atoms with Crippen LogP contribution in [0.1, 0.15) is 18.0 Å². The van der Waals surface area contributed by atoms with Crippen molar-refractivity contribution in [2.24, 2.45) is 0 Å². The summed E-state index contributed by atoms with van der Waals surface area (Å²) in [7, 11) is 0. The Morgan fingerprint density at radius 2 is 1.83 bits per heavy atom. The van der Waals surface area contributed by atoms with Crippen LogP contribution in [0.4, 0.5) is 0 Å². The van der Waals surface area contributed by atoms with Crippen molar-refractivity contribution in [2.45, 2.75) is 12.3 Å². The van der Waals surface area contributed by atoms with Crippen molar-refractivity contribution in [3.63, 3.8) is 0 Å². The molecule has 1 unspecified atom stereocenters. The lowest BCUT2D eigenvalue weighted by Crippen LogP contribution is -2.06. The van der Waals surface area contributed by atoms with Gasteiger partial charge in [-0.1, -0.05) is 62.2 Å². The first-order chi connectivity index (χ1) is 11.7. The van der Waals surface area contributed by atoms with Crippen LogP contribution in [0.5, 0.6) is 0 Å². The zero-order chi connectivity index (χ0) is 16.5. The van der Waals surface area contributed by atoms with Crippen LogP contribution in [0.25, 0.3) is 22.4 Å². The predicted octanol–water partition coefficient (Wildman–Crippen LogP) is 5.78. The predicted molar refractivity (Wildman–Crippen MR) is 104 cm³/mol. The zero-order valence-corrected chi connectivity index (χ0v) is 15.8. The highest BCUT2D eigenvalue weighted by Crippen LogP contribution is 2.34. The minimum Gasteiger partial charge on any atom is -0.247 e. The Morgan fingerprint density at radius 3 is 2.58 bits per heavy atom. The molecule has 0 spiro atoms. The Bertz CT molecular complexity index is 962. The number of fused-ring (bicyclic) bond motifs is 1. The third-order valence-electron chi connectivity index (χ3n) is 3.99. The van der Waals surface area contributed by atoms with Crippen LogP contribution in [0.15, 0.2) is 69.8 Å². The summed E-state index contributed by atoms with van der Waals surface area (Å²) in [6.45, 7) is 0. The Labute approximate surface area is 156 Å². The van der Waals surface area contributed by atoms with Crippen molar-refractivity contribution < 1.29 is 0 Å². The van der Waals surface area contributed by atoms with Gasteiger partial charge < -0.3 is 0 Å². The molecule has 1 aliphatic carbocycles. The monoisotopic (exact) mass is 441 g/mol. The number of rotatable bonds is 2. The number of benzene rings is 1. The average molecular weight is 443 g/mol. The van der Waals surface area contributed by atoms with E-state index in [0.29, 0.717) is 5.65 Å². The fraction of sp³-hybridized carbons (Fsp3) is 0.105. The maximum absolute atomic E-state index is 4.89. The van der Waals surface area contributed by atoms with E-state index in [0.717, 1.165) is 37.8 Å². The van der Waals surface area contributed by atoms with Crippen molar-refractivity contribution >= 4 is 43.0 Å². The van der Waals surface area contributed by atoms with Crippen LogP contribution < -0.4 is 0 Å². The van der Waals surface area contributed by atoms with E-state index in [2.05, 4.69) is 67.2 Å². The summed E-state index contributed by atoms with van der Waals surface area (Å²) in [6, 6.07) is 12.0. The van der Waals surface area contributed by atoms with Crippen LogP contribution in [0.2, 0.25) is 0 Å². The van der Waals surface area contributed by atoms with E-state index >= 15 is 0 Å². The molecular formula is C19H13Br2N3. The maximum Gasteiger partial charge on any atom is 0.178 e. The second-order valence-electron chi connectivity index (χ2n) is 5.60. The van der Waals surface area contributed by atoms with Crippen LogP contribution in [0.3, 0.4) is 0 Å². The van der Waals surface area contributed by atoms with Crippen LogP contribution in [-0.2, 0) is 0 Å². The molecule has 0 N–H and O–H groups in total. The number of nitrogens with zero attached hydrogens (tertiary/aromatic N) is 3. The molecule has 2 aromatic heterocycles. The molecule has 0 saturated heterocycles. The van der Waals surface area contributed by atoms with Gasteiger partial charge >= 0.3 is 0 Å². The Kier molecular flexibility index (Phi) is 4.29. The van der Waals surface area contributed by atoms with Gasteiger partial charge in [0.1, 0.15) is 5.52 Å². The SMILES string of the molecule is BrC1=CCC(c2nc3cccnc3nc2-c2ccc(Br)cc2)C=C1. The van der Waals surface area contributed by atoms with Gasteiger partial charge in [0.2, 0.25) is 0 Å². The molecule has 3 aromatic rings. The fourth-order valence-corrected chi connectivity index (χ4v) is 3.39. The summed E-state index contributed by atoms with van der Waals surface area (Å²) in [5.41, 5.74) is 4.45. The quantitative estimate of drug-likeness (QED) is 0.505. The molecule has 0 saturated carbocycles. The van der Waals surface area contributed by atoms with Gasteiger partial charge in [0.25, 0.3) is 0 Å². The molecule has 0 fully saturated rings. The first-order valence-electron chi connectivity index (χ1n) is 7.63. The first kappa shape index (κ1) is 15.7. The Balaban J connectivity index is 1.91. The van der Waals surface area contributed by atoms with Crippen LogP contribution in [-0.4, -0.2) is 15.0 Å². The lowest BCUT2D eigenvalue weighted by Gasteiger charge is -2.17. The molecule has 24 heavy (non-hydrogen) atoms. The van der Waals surface area contributed by atoms with Crippen molar-refractivity contribution in [2.75, 3.05) is 0 Å². The van der Waals surface area contributed by atoms with Gasteiger partial charge in [0.15, 0.2) is 5.65 Å². The van der Waals surface area contributed by atoms with E-state index < -0.39 is 0 Å². The topological polar surface area (TPSA) is 38.7 Å². The van der Waals surface area contributed by atoms with E-state index in [1.54, 1.807) is 6.20 Å². The molecular weight excluding hydrogens is 430 g/mol. The van der Waals surface area contributed by atoms with Gasteiger partial charge in [0.05, 0.1) is 11.4 Å². The molecule has 0 aliphatic heterocycles. The molecule has 4 rings (SSSR count). The Morgan fingerprint density at radius 1 is 1.00 bits per heavy atom. The first-order valence-corrected chi connectivity index (χ1v) is 9.22. The maximum atomic E-state index is 4.89. The van der Waals surface area contributed by atoms with Gasteiger partial charge in [-0.15, -0.1) is 0 Å². The summed E-state index contributed by atoms with van der Waals surface area (Å²) in [5, 5.41) is 0. The lowest BCUT2D eigenvalue weighted by molar-refractivity contribution is 0.816. The smallest absolute Gasteiger partial charge is 0.178 e. The highest BCUT2D eigenvalue weighted by molar-refractivity contribution is 9.12. The van der Waals surface area contributed by atoms with Gasteiger partial charge in [0, 0.05) is 26.6 Å². The number of aromatic nitrogens is 3. The molecule has 0 amide bonds. The third-order valence-corrected chi connectivity index (χ3v) is 5.11.